The third kappa shape index (κ3) is 3.69. The van der Waals surface area contributed by atoms with Gasteiger partial charge in [0.05, 0.1) is 18.3 Å². The first-order valence-corrected chi connectivity index (χ1v) is 8.65. The van der Waals surface area contributed by atoms with Crippen molar-refractivity contribution in [3.05, 3.63) is 47.1 Å². The molecule has 1 saturated heterocycles. The second-order valence-corrected chi connectivity index (χ2v) is 6.81. The van der Waals surface area contributed by atoms with E-state index in [-0.39, 0.29) is 18.0 Å². The van der Waals surface area contributed by atoms with Crippen molar-refractivity contribution in [2.45, 2.75) is 32.9 Å². The van der Waals surface area contributed by atoms with Gasteiger partial charge in [-0.25, -0.2) is 9.78 Å². The summed E-state index contributed by atoms with van der Waals surface area (Å²) < 4.78 is 5.19. The number of rotatable bonds is 5. The number of anilines is 2. The second kappa shape index (κ2) is 7.27. The standard InChI is InChI=1S/C18H21ClN4O2/c1-11(2)15-10-25-18(24)23(15)16-14(19)9-20-17(22-16)21-12(3)13-7-5-4-6-8-13/h4-9,11-12,15H,10H2,1-3H3,(H,20,21,22). The lowest BCUT2D eigenvalue weighted by Crippen LogP contribution is -2.38. The van der Waals surface area contributed by atoms with Crippen LogP contribution in [0.4, 0.5) is 16.6 Å². The van der Waals surface area contributed by atoms with Gasteiger partial charge in [-0.3, -0.25) is 4.90 Å². The molecule has 25 heavy (non-hydrogen) atoms. The number of aromatic nitrogens is 2. The molecule has 2 aromatic rings. The molecular formula is C18H21ClN4O2. The lowest BCUT2D eigenvalue weighted by atomic mass is 10.0. The predicted octanol–water partition coefficient (Wildman–Crippen LogP) is 4.28. The molecule has 0 saturated carbocycles. The summed E-state index contributed by atoms with van der Waals surface area (Å²) in [5.41, 5.74) is 1.11. The molecule has 0 spiro atoms. The summed E-state index contributed by atoms with van der Waals surface area (Å²) in [4.78, 5) is 22.4. The maximum atomic E-state index is 12.2. The van der Waals surface area contributed by atoms with Gasteiger partial charge >= 0.3 is 6.09 Å². The largest absolute Gasteiger partial charge is 0.447 e. The molecule has 132 valence electrons. The quantitative estimate of drug-likeness (QED) is 0.861. The highest BCUT2D eigenvalue weighted by Crippen LogP contribution is 2.32. The first-order chi connectivity index (χ1) is 12.0. The van der Waals surface area contributed by atoms with E-state index in [1.54, 1.807) is 0 Å². The number of hydrogen-bond donors (Lipinski definition) is 1. The van der Waals surface area contributed by atoms with Crippen LogP contribution >= 0.6 is 11.6 Å². The summed E-state index contributed by atoms with van der Waals surface area (Å²) in [5.74, 6) is 1.01. The molecule has 2 unspecified atom stereocenters. The van der Waals surface area contributed by atoms with E-state index in [1.807, 2.05) is 51.1 Å². The Bertz CT molecular complexity index is 754. The number of nitrogens with zero attached hydrogens (tertiary/aromatic N) is 3. The minimum atomic E-state index is -0.429. The number of nitrogens with one attached hydrogen (secondary N) is 1. The Labute approximate surface area is 152 Å². The van der Waals surface area contributed by atoms with Crippen molar-refractivity contribution in [2.75, 3.05) is 16.8 Å². The van der Waals surface area contributed by atoms with Gasteiger partial charge in [0.15, 0.2) is 5.82 Å². The van der Waals surface area contributed by atoms with Crippen molar-refractivity contribution >= 4 is 29.5 Å². The molecule has 1 aliphatic heterocycles. The molecule has 2 heterocycles. The third-order valence-electron chi connectivity index (χ3n) is 4.27. The zero-order valence-electron chi connectivity index (χ0n) is 14.4. The van der Waals surface area contributed by atoms with Gasteiger partial charge in [-0.2, -0.15) is 4.98 Å². The van der Waals surface area contributed by atoms with Crippen LogP contribution in [0.25, 0.3) is 0 Å². The molecule has 1 N–H and O–H groups in total. The molecule has 0 bridgehead atoms. The van der Waals surface area contributed by atoms with Crippen LogP contribution < -0.4 is 10.2 Å². The van der Waals surface area contributed by atoms with Crippen molar-refractivity contribution in [1.29, 1.82) is 0 Å². The molecule has 3 rings (SSSR count). The van der Waals surface area contributed by atoms with Crippen LogP contribution in [0, 0.1) is 5.92 Å². The van der Waals surface area contributed by atoms with E-state index in [0.29, 0.717) is 23.4 Å². The fraction of sp³-hybridized carbons (Fsp3) is 0.389. The maximum absolute atomic E-state index is 12.2. The van der Waals surface area contributed by atoms with Gasteiger partial charge in [-0.05, 0) is 18.4 Å². The highest BCUT2D eigenvalue weighted by atomic mass is 35.5. The van der Waals surface area contributed by atoms with Crippen molar-refractivity contribution in [2.24, 2.45) is 5.92 Å². The molecule has 1 aromatic heterocycles. The monoisotopic (exact) mass is 360 g/mol. The summed E-state index contributed by atoms with van der Waals surface area (Å²) in [6, 6.07) is 9.91. The summed E-state index contributed by atoms with van der Waals surface area (Å²) in [7, 11) is 0. The summed E-state index contributed by atoms with van der Waals surface area (Å²) >= 11 is 6.26. The van der Waals surface area contributed by atoms with Gasteiger partial charge in [0.25, 0.3) is 0 Å². The Morgan fingerprint density at radius 3 is 2.68 bits per heavy atom. The van der Waals surface area contributed by atoms with E-state index in [2.05, 4.69) is 15.3 Å². The van der Waals surface area contributed by atoms with Crippen molar-refractivity contribution in [3.63, 3.8) is 0 Å². The smallest absolute Gasteiger partial charge is 0.415 e. The van der Waals surface area contributed by atoms with Gasteiger partial charge in [0.2, 0.25) is 5.95 Å². The normalized spacial score (nSPS) is 18.4. The molecular weight excluding hydrogens is 340 g/mol. The number of ether oxygens (including phenoxy) is 1. The lowest BCUT2D eigenvalue weighted by molar-refractivity contribution is 0.177. The van der Waals surface area contributed by atoms with Crippen LogP contribution in [-0.4, -0.2) is 28.7 Å². The van der Waals surface area contributed by atoms with Crippen molar-refractivity contribution in [3.8, 4) is 0 Å². The molecule has 0 radical (unpaired) electrons. The Hall–Kier alpha value is -2.34. The SMILES string of the molecule is CC(Nc1ncc(Cl)c(N2C(=O)OCC2C(C)C)n1)c1ccccc1. The molecule has 1 amide bonds. The van der Waals surface area contributed by atoms with Gasteiger partial charge in [-0.1, -0.05) is 55.8 Å². The summed E-state index contributed by atoms with van der Waals surface area (Å²) in [5, 5.41) is 3.57. The van der Waals surface area contributed by atoms with Crippen molar-refractivity contribution in [1.82, 2.24) is 9.97 Å². The number of carbonyl (C=O) groups excluding carboxylic acids is 1. The molecule has 0 aliphatic carbocycles. The third-order valence-corrected chi connectivity index (χ3v) is 4.54. The minimum absolute atomic E-state index is 0.0154. The zero-order chi connectivity index (χ0) is 18.0. The van der Waals surface area contributed by atoms with Crippen LogP contribution in [0.5, 0.6) is 0 Å². The van der Waals surface area contributed by atoms with E-state index in [4.69, 9.17) is 16.3 Å². The van der Waals surface area contributed by atoms with Crippen LogP contribution in [0.3, 0.4) is 0 Å². The Morgan fingerprint density at radius 2 is 2.00 bits per heavy atom. The molecule has 1 aliphatic rings. The van der Waals surface area contributed by atoms with Crippen LogP contribution in [0.2, 0.25) is 5.02 Å². The topological polar surface area (TPSA) is 67.4 Å². The van der Waals surface area contributed by atoms with Crippen molar-refractivity contribution < 1.29 is 9.53 Å². The van der Waals surface area contributed by atoms with Gasteiger partial charge in [-0.15, -0.1) is 0 Å². The average Bonchev–Trinajstić information content (AvgIpc) is 2.99. The fourth-order valence-electron chi connectivity index (χ4n) is 2.79. The molecule has 6 nitrogen and oxygen atoms in total. The summed E-state index contributed by atoms with van der Waals surface area (Å²) in [6.45, 7) is 6.42. The number of cyclic esters (lactones) is 1. The van der Waals surface area contributed by atoms with E-state index in [0.717, 1.165) is 5.56 Å². The van der Waals surface area contributed by atoms with Gasteiger partial charge < -0.3 is 10.1 Å². The Balaban J connectivity index is 1.87. The average molecular weight is 361 g/mol. The highest BCUT2D eigenvalue weighted by molar-refractivity contribution is 6.33. The van der Waals surface area contributed by atoms with Crippen LogP contribution in [0.15, 0.2) is 36.5 Å². The molecule has 7 heteroatoms. The zero-order valence-corrected chi connectivity index (χ0v) is 15.2. The summed E-state index contributed by atoms with van der Waals surface area (Å²) in [6.07, 6.45) is 1.08. The van der Waals surface area contributed by atoms with Gasteiger partial charge in [0, 0.05) is 0 Å². The van der Waals surface area contributed by atoms with Crippen LogP contribution in [-0.2, 0) is 4.74 Å². The predicted molar refractivity (Wildman–Crippen MR) is 98.0 cm³/mol. The number of halogens is 1. The fourth-order valence-corrected chi connectivity index (χ4v) is 2.97. The first-order valence-electron chi connectivity index (χ1n) is 8.27. The Kier molecular flexibility index (Phi) is 5.08. The number of benzene rings is 1. The Morgan fingerprint density at radius 1 is 1.28 bits per heavy atom. The first kappa shape index (κ1) is 17.5. The molecule has 2 atom stereocenters. The van der Waals surface area contributed by atoms with Gasteiger partial charge in [0.1, 0.15) is 11.6 Å². The molecule has 1 aromatic carbocycles. The number of amides is 1. The van der Waals surface area contributed by atoms with E-state index in [9.17, 15) is 4.79 Å². The van der Waals surface area contributed by atoms with E-state index >= 15 is 0 Å². The minimum Gasteiger partial charge on any atom is -0.447 e. The van der Waals surface area contributed by atoms with Crippen LogP contribution in [0.1, 0.15) is 32.4 Å². The van der Waals surface area contributed by atoms with E-state index < -0.39 is 6.09 Å². The molecule has 1 fully saturated rings. The lowest BCUT2D eigenvalue weighted by Gasteiger charge is -2.24. The number of carbonyl (C=O) groups is 1. The highest BCUT2D eigenvalue weighted by Gasteiger charge is 2.38. The van der Waals surface area contributed by atoms with E-state index in [1.165, 1.54) is 11.1 Å². The maximum Gasteiger partial charge on any atom is 0.415 e. The second-order valence-electron chi connectivity index (χ2n) is 6.40. The number of hydrogen-bond acceptors (Lipinski definition) is 5.